The molecule has 4 nitrogen and oxygen atoms in total. The van der Waals surface area contributed by atoms with Gasteiger partial charge in [-0.05, 0) is 30.3 Å². The Labute approximate surface area is 125 Å². The summed E-state index contributed by atoms with van der Waals surface area (Å²) >= 11 is 0. The predicted molar refractivity (Wildman–Crippen MR) is 84.3 cm³/mol. The zero-order valence-electron chi connectivity index (χ0n) is 11.5. The number of ether oxygens (including phenoxy) is 1. The fourth-order valence-electron chi connectivity index (χ4n) is 2.33. The zero-order valence-corrected chi connectivity index (χ0v) is 11.5. The van der Waals surface area contributed by atoms with Gasteiger partial charge in [-0.2, -0.15) is 0 Å². The minimum Gasteiger partial charge on any atom is -0.439 e. The number of hydrogen-bond acceptors (Lipinski definition) is 4. The molecule has 4 heteroatoms. The molecule has 2 heterocycles. The summed E-state index contributed by atoms with van der Waals surface area (Å²) in [5.41, 5.74) is 0.978. The van der Waals surface area contributed by atoms with Crippen molar-refractivity contribution in [2.24, 2.45) is 0 Å². The first-order valence-corrected chi connectivity index (χ1v) is 6.85. The number of nitrogens with zero attached hydrogens (tertiary/aromatic N) is 1. The summed E-state index contributed by atoms with van der Waals surface area (Å²) in [7, 11) is 0. The third-order valence-electron chi connectivity index (χ3n) is 3.39. The number of hydrogen-bond donors (Lipinski definition) is 0. The van der Waals surface area contributed by atoms with Crippen LogP contribution in [0.3, 0.4) is 0 Å². The van der Waals surface area contributed by atoms with E-state index in [0.717, 1.165) is 16.3 Å². The number of rotatable bonds is 2. The van der Waals surface area contributed by atoms with Crippen LogP contribution < -0.4 is 10.4 Å². The van der Waals surface area contributed by atoms with Gasteiger partial charge in [0, 0.05) is 29.0 Å². The molecule has 0 atom stereocenters. The molecule has 4 aromatic rings. The smallest absolute Gasteiger partial charge is 0.336 e. The van der Waals surface area contributed by atoms with Crippen molar-refractivity contribution >= 4 is 21.9 Å². The molecule has 0 fully saturated rings. The molecule has 0 bridgehead atoms. The lowest BCUT2D eigenvalue weighted by Crippen LogP contribution is -1.94. The Hall–Kier alpha value is -3.14. The van der Waals surface area contributed by atoms with Crippen LogP contribution in [0.2, 0.25) is 0 Å². The van der Waals surface area contributed by atoms with E-state index in [1.165, 1.54) is 6.07 Å². The van der Waals surface area contributed by atoms with Crippen LogP contribution in [0.25, 0.3) is 21.9 Å². The molecule has 0 radical (unpaired) electrons. The Kier molecular flexibility index (Phi) is 2.86. The molecule has 106 valence electrons. The number of pyridine rings is 1. The van der Waals surface area contributed by atoms with Crippen molar-refractivity contribution < 1.29 is 9.15 Å². The molecule has 0 aliphatic carbocycles. The lowest BCUT2D eigenvalue weighted by molar-refractivity contribution is 0.463. The van der Waals surface area contributed by atoms with E-state index in [-0.39, 0.29) is 5.63 Å². The van der Waals surface area contributed by atoms with Crippen LogP contribution in [0, 0.1) is 0 Å². The van der Waals surface area contributed by atoms with E-state index in [9.17, 15) is 4.79 Å². The Morgan fingerprint density at radius 1 is 0.864 bits per heavy atom. The topological polar surface area (TPSA) is 52.3 Å². The highest BCUT2D eigenvalue weighted by atomic mass is 16.5. The lowest BCUT2D eigenvalue weighted by Gasteiger charge is -2.06. The SMILES string of the molecule is O=c1ccc2ccc(Oc3ccc4ccccc4n3)cc2o1. The predicted octanol–water partition coefficient (Wildman–Crippen LogP) is 4.13. The van der Waals surface area contributed by atoms with E-state index in [2.05, 4.69) is 4.98 Å². The largest absolute Gasteiger partial charge is 0.439 e. The normalized spacial score (nSPS) is 10.9. The van der Waals surface area contributed by atoms with Crippen molar-refractivity contribution in [3.63, 3.8) is 0 Å². The summed E-state index contributed by atoms with van der Waals surface area (Å²) in [6.45, 7) is 0. The summed E-state index contributed by atoms with van der Waals surface area (Å²) in [4.78, 5) is 15.7. The van der Waals surface area contributed by atoms with Crippen LogP contribution in [0.5, 0.6) is 11.6 Å². The Bertz CT molecular complexity index is 1040. The van der Waals surface area contributed by atoms with Gasteiger partial charge in [0.05, 0.1) is 5.52 Å². The van der Waals surface area contributed by atoms with E-state index >= 15 is 0 Å². The molecular weight excluding hydrogens is 278 g/mol. The summed E-state index contributed by atoms with van der Waals surface area (Å²) in [5.74, 6) is 1.07. The molecule has 2 aromatic carbocycles. The Morgan fingerprint density at radius 2 is 1.68 bits per heavy atom. The molecular formula is C18H11NO3. The molecule has 4 rings (SSSR count). The van der Waals surface area contributed by atoms with Crippen LogP contribution in [0.1, 0.15) is 0 Å². The van der Waals surface area contributed by atoms with E-state index in [1.807, 2.05) is 48.5 Å². The first kappa shape index (κ1) is 12.6. The Morgan fingerprint density at radius 3 is 2.64 bits per heavy atom. The van der Waals surface area contributed by atoms with Gasteiger partial charge < -0.3 is 9.15 Å². The van der Waals surface area contributed by atoms with Crippen molar-refractivity contribution in [1.82, 2.24) is 4.98 Å². The first-order valence-electron chi connectivity index (χ1n) is 6.85. The fraction of sp³-hybridized carbons (Fsp3) is 0. The van der Waals surface area contributed by atoms with Gasteiger partial charge in [0.2, 0.25) is 5.88 Å². The monoisotopic (exact) mass is 289 g/mol. The Balaban J connectivity index is 1.73. The van der Waals surface area contributed by atoms with Gasteiger partial charge in [0.15, 0.2) is 0 Å². The van der Waals surface area contributed by atoms with Crippen molar-refractivity contribution in [2.75, 3.05) is 0 Å². The highest BCUT2D eigenvalue weighted by Crippen LogP contribution is 2.25. The van der Waals surface area contributed by atoms with Gasteiger partial charge in [-0.25, -0.2) is 9.78 Å². The van der Waals surface area contributed by atoms with Gasteiger partial charge in [-0.3, -0.25) is 0 Å². The van der Waals surface area contributed by atoms with Gasteiger partial charge in [0.25, 0.3) is 0 Å². The molecule has 2 aromatic heterocycles. The van der Waals surface area contributed by atoms with Crippen molar-refractivity contribution in [3.05, 3.63) is 77.2 Å². The van der Waals surface area contributed by atoms with Crippen LogP contribution in [-0.4, -0.2) is 4.98 Å². The fourth-order valence-corrected chi connectivity index (χ4v) is 2.33. The van der Waals surface area contributed by atoms with Crippen molar-refractivity contribution in [1.29, 1.82) is 0 Å². The second kappa shape index (κ2) is 5.00. The highest BCUT2D eigenvalue weighted by Gasteiger charge is 2.04. The number of fused-ring (bicyclic) bond motifs is 2. The molecule has 0 N–H and O–H groups in total. The summed E-state index contributed by atoms with van der Waals surface area (Å²) < 4.78 is 10.9. The third kappa shape index (κ3) is 2.31. The van der Waals surface area contributed by atoms with E-state index in [0.29, 0.717) is 17.2 Å². The van der Waals surface area contributed by atoms with E-state index in [1.54, 1.807) is 12.1 Å². The second-order valence-electron chi connectivity index (χ2n) is 4.90. The molecule has 0 unspecified atom stereocenters. The first-order chi connectivity index (χ1) is 10.8. The van der Waals surface area contributed by atoms with Crippen molar-refractivity contribution in [2.45, 2.75) is 0 Å². The minimum absolute atomic E-state index is 0.381. The highest BCUT2D eigenvalue weighted by molar-refractivity contribution is 5.79. The maximum absolute atomic E-state index is 11.3. The van der Waals surface area contributed by atoms with Crippen LogP contribution in [-0.2, 0) is 0 Å². The maximum Gasteiger partial charge on any atom is 0.336 e. The maximum atomic E-state index is 11.3. The molecule has 0 aliphatic heterocycles. The summed E-state index contributed by atoms with van der Waals surface area (Å²) in [6.07, 6.45) is 0. The molecule has 0 saturated carbocycles. The number of para-hydroxylation sites is 1. The summed E-state index contributed by atoms with van der Waals surface area (Å²) in [6, 6.07) is 20.1. The van der Waals surface area contributed by atoms with E-state index in [4.69, 9.17) is 9.15 Å². The molecule has 0 amide bonds. The van der Waals surface area contributed by atoms with Gasteiger partial charge in [-0.15, -0.1) is 0 Å². The van der Waals surface area contributed by atoms with E-state index < -0.39 is 0 Å². The molecule has 22 heavy (non-hydrogen) atoms. The second-order valence-corrected chi connectivity index (χ2v) is 4.90. The quantitative estimate of drug-likeness (QED) is 0.520. The van der Waals surface area contributed by atoms with Gasteiger partial charge in [-0.1, -0.05) is 18.2 Å². The average molecular weight is 289 g/mol. The zero-order chi connectivity index (χ0) is 14.9. The standard InChI is InChI=1S/C18H11NO3/c20-18-10-7-13-5-8-14(11-16(13)22-18)21-17-9-6-12-3-1-2-4-15(12)19-17/h1-11H. The van der Waals surface area contributed by atoms with Gasteiger partial charge >= 0.3 is 5.63 Å². The average Bonchev–Trinajstić information content (AvgIpc) is 2.54. The van der Waals surface area contributed by atoms with Crippen LogP contribution >= 0.6 is 0 Å². The number of benzene rings is 2. The van der Waals surface area contributed by atoms with Crippen molar-refractivity contribution in [3.8, 4) is 11.6 Å². The van der Waals surface area contributed by atoms with Crippen LogP contribution in [0.4, 0.5) is 0 Å². The minimum atomic E-state index is -0.381. The molecule has 0 spiro atoms. The lowest BCUT2D eigenvalue weighted by atomic mass is 10.2. The molecule has 0 saturated heterocycles. The number of aromatic nitrogens is 1. The molecule has 0 aliphatic rings. The van der Waals surface area contributed by atoms with Gasteiger partial charge in [0.1, 0.15) is 11.3 Å². The summed E-state index contributed by atoms with van der Waals surface area (Å²) in [5, 5.41) is 1.90. The van der Waals surface area contributed by atoms with Crippen LogP contribution in [0.15, 0.2) is 75.9 Å². The third-order valence-corrected chi connectivity index (χ3v) is 3.39.